The van der Waals surface area contributed by atoms with Gasteiger partial charge in [-0.1, -0.05) is 0 Å². The second-order valence-electron chi connectivity index (χ2n) is 1.88. The Morgan fingerprint density at radius 2 is 2.10 bits per heavy atom. The van der Waals surface area contributed by atoms with Gasteiger partial charge >= 0.3 is 6.18 Å². The predicted molar refractivity (Wildman–Crippen MR) is 28.7 cm³/mol. The van der Waals surface area contributed by atoms with Gasteiger partial charge in [0.25, 0.3) is 0 Å². The Hall–Kier alpha value is -0.930. The summed E-state index contributed by atoms with van der Waals surface area (Å²) in [5, 5.41) is 3.34. The Kier molecular flexibility index (Phi) is 1.46. The van der Waals surface area contributed by atoms with E-state index in [1.807, 2.05) is 0 Å². The van der Waals surface area contributed by atoms with Gasteiger partial charge in [0.1, 0.15) is 0 Å². The van der Waals surface area contributed by atoms with Gasteiger partial charge in [0.2, 0.25) is 0 Å². The molecule has 0 atom stereocenters. The third kappa shape index (κ3) is 1.15. The molecule has 0 bridgehead atoms. The van der Waals surface area contributed by atoms with E-state index < -0.39 is 11.7 Å². The maximum Gasteiger partial charge on any atom is 0.418 e. The minimum Gasteiger partial charge on any atom is -0.251 e. The Bertz CT molecular complexity index is 200. The van der Waals surface area contributed by atoms with Crippen molar-refractivity contribution in [1.82, 2.24) is 5.32 Å². The normalized spacial score (nSPS) is 18.0. The van der Waals surface area contributed by atoms with Gasteiger partial charge in [-0.05, 0) is 13.0 Å². The summed E-state index contributed by atoms with van der Waals surface area (Å²) in [5.41, 5.74) is -0.722. The Labute approximate surface area is 56.2 Å². The lowest BCUT2D eigenvalue weighted by atomic mass is 10.2. The van der Waals surface area contributed by atoms with Crippen LogP contribution in [0.4, 0.5) is 13.2 Å². The molecule has 1 aliphatic rings. The quantitative estimate of drug-likeness (QED) is 0.495. The highest BCUT2D eigenvalue weighted by Crippen LogP contribution is 2.30. The highest BCUT2D eigenvalue weighted by molar-refractivity contribution is 5.31. The summed E-state index contributed by atoms with van der Waals surface area (Å²) in [4.78, 5) is 0. The molecule has 1 rings (SSSR count). The van der Waals surface area contributed by atoms with E-state index in [4.69, 9.17) is 0 Å². The van der Waals surface area contributed by atoms with Crippen LogP contribution >= 0.6 is 0 Å². The molecule has 4 heteroatoms. The molecule has 54 valence electrons. The Balaban J connectivity index is 2.91. The highest BCUT2D eigenvalue weighted by Gasteiger charge is 2.35. The molecule has 1 nitrogen and oxygen atoms in total. The molecule has 1 heterocycles. The average Bonchev–Trinajstić information content (AvgIpc) is 2.11. The average molecular weight is 147 g/mol. The van der Waals surface area contributed by atoms with Crippen LogP contribution in [-0.2, 0) is 0 Å². The summed E-state index contributed by atoms with van der Waals surface area (Å²) in [6, 6.07) is 0. The number of allylic oxidation sites excluding steroid dienone is 3. The molecule has 0 saturated carbocycles. The maximum absolute atomic E-state index is 11.8. The Morgan fingerprint density at radius 1 is 1.50 bits per heavy atom. The van der Waals surface area contributed by atoms with Crippen LogP contribution in [0.2, 0.25) is 0 Å². The predicted octanol–water partition coefficient (Wildman–Crippen LogP) is 1.76. The first-order valence-electron chi connectivity index (χ1n) is 2.59. The second kappa shape index (κ2) is 2.04. The molecule has 0 amide bonds. The highest BCUT2D eigenvalue weighted by atomic mass is 19.4. The number of rotatable bonds is 0. The van der Waals surface area contributed by atoms with E-state index in [-0.39, 0.29) is 5.70 Å². The number of halogens is 3. The number of nitrogens with zero attached hydrogens (tertiary/aromatic N) is 1. The van der Waals surface area contributed by atoms with E-state index >= 15 is 0 Å². The van der Waals surface area contributed by atoms with Crippen molar-refractivity contribution in [1.29, 1.82) is 0 Å². The first-order chi connectivity index (χ1) is 4.52. The lowest BCUT2D eigenvalue weighted by Gasteiger charge is -2.04. The van der Waals surface area contributed by atoms with Crippen LogP contribution in [0.5, 0.6) is 0 Å². The van der Waals surface area contributed by atoms with Gasteiger partial charge < -0.3 is 0 Å². The Morgan fingerprint density at radius 3 is 2.30 bits per heavy atom. The van der Waals surface area contributed by atoms with Crippen LogP contribution in [-0.4, -0.2) is 6.18 Å². The largest absolute Gasteiger partial charge is 0.418 e. The van der Waals surface area contributed by atoms with E-state index in [2.05, 4.69) is 11.5 Å². The molecule has 0 fully saturated rings. The lowest BCUT2D eigenvalue weighted by molar-refractivity contribution is -0.0887. The van der Waals surface area contributed by atoms with Gasteiger partial charge in [0.15, 0.2) is 0 Å². The lowest BCUT2D eigenvalue weighted by Crippen LogP contribution is -2.10. The molecule has 10 heavy (non-hydrogen) atoms. The van der Waals surface area contributed by atoms with Crippen LogP contribution in [0.25, 0.3) is 0 Å². The standard InChI is InChI=1S/C6H4F3N/c1-4-5(2-3-10-4)6(7,8)9/h2H,1H3. The molecule has 0 aromatic heterocycles. The van der Waals surface area contributed by atoms with E-state index in [9.17, 15) is 13.2 Å². The maximum atomic E-state index is 11.8. The van der Waals surface area contributed by atoms with E-state index in [0.29, 0.717) is 0 Å². The van der Waals surface area contributed by atoms with Crippen molar-refractivity contribution >= 4 is 0 Å². The van der Waals surface area contributed by atoms with Gasteiger partial charge in [-0.15, -0.1) is 0 Å². The minimum absolute atomic E-state index is 0.0208. The fraction of sp³-hybridized carbons (Fsp3) is 0.333. The molecule has 0 aromatic carbocycles. The van der Waals surface area contributed by atoms with Crippen LogP contribution in [0.1, 0.15) is 6.92 Å². The molecule has 0 aliphatic carbocycles. The summed E-state index contributed by atoms with van der Waals surface area (Å²) in [5.74, 6) is 0. The van der Waals surface area contributed by atoms with Gasteiger partial charge in [0.05, 0.1) is 17.5 Å². The van der Waals surface area contributed by atoms with Crippen LogP contribution in [0.3, 0.4) is 0 Å². The SMILES string of the molecule is CC1=C(C(F)(F)F)C=[C][N]1. The van der Waals surface area contributed by atoms with E-state index in [1.165, 1.54) is 6.92 Å². The number of hydrogen-bond acceptors (Lipinski definition) is 0. The van der Waals surface area contributed by atoms with Crippen molar-refractivity contribution in [3.63, 3.8) is 0 Å². The molecule has 0 aromatic rings. The van der Waals surface area contributed by atoms with E-state index in [0.717, 1.165) is 6.08 Å². The second-order valence-corrected chi connectivity index (χ2v) is 1.88. The van der Waals surface area contributed by atoms with E-state index in [1.54, 1.807) is 0 Å². The molecule has 0 N–H and O–H groups in total. The summed E-state index contributed by atoms with van der Waals surface area (Å²) >= 11 is 0. The van der Waals surface area contributed by atoms with Crippen LogP contribution in [0, 0.1) is 6.20 Å². The fourth-order valence-corrected chi connectivity index (χ4v) is 0.645. The minimum atomic E-state index is -4.28. The summed E-state index contributed by atoms with van der Waals surface area (Å²) in [6.07, 6.45) is -1.30. The molecular weight excluding hydrogens is 143 g/mol. The molecule has 1 aliphatic heterocycles. The molecule has 0 spiro atoms. The zero-order chi connectivity index (χ0) is 7.78. The van der Waals surface area contributed by atoms with Crippen LogP contribution in [0.15, 0.2) is 17.3 Å². The summed E-state index contributed by atoms with van der Waals surface area (Å²) < 4.78 is 35.5. The molecule has 0 saturated heterocycles. The number of hydrogen-bond donors (Lipinski definition) is 0. The topological polar surface area (TPSA) is 14.1 Å². The van der Waals surface area contributed by atoms with Crippen molar-refractivity contribution in [3.8, 4) is 0 Å². The summed E-state index contributed by atoms with van der Waals surface area (Å²) in [7, 11) is 0. The fourth-order valence-electron chi connectivity index (χ4n) is 0.645. The summed E-state index contributed by atoms with van der Waals surface area (Å²) in [6.45, 7) is 1.30. The van der Waals surface area contributed by atoms with Crippen molar-refractivity contribution in [3.05, 3.63) is 23.5 Å². The third-order valence-corrected chi connectivity index (χ3v) is 1.14. The van der Waals surface area contributed by atoms with Crippen molar-refractivity contribution in [2.45, 2.75) is 13.1 Å². The molecular formula is C6H4F3N. The zero-order valence-corrected chi connectivity index (χ0v) is 5.16. The van der Waals surface area contributed by atoms with Crippen molar-refractivity contribution < 1.29 is 13.2 Å². The van der Waals surface area contributed by atoms with Gasteiger partial charge in [0, 0.05) is 0 Å². The van der Waals surface area contributed by atoms with Crippen molar-refractivity contribution in [2.75, 3.05) is 0 Å². The monoisotopic (exact) mass is 147 g/mol. The van der Waals surface area contributed by atoms with Crippen LogP contribution < -0.4 is 5.32 Å². The molecule has 2 radical (unpaired) electrons. The third-order valence-electron chi connectivity index (χ3n) is 1.14. The number of alkyl halides is 3. The zero-order valence-electron chi connectivity index (χ0n) is 5.16. The van der Waals surface area contributed by atoms with Gasteiger partial charge in [-0.3, -0.25) is 5.32 Å². The first kappa shape index (κ1) is 7.18. The van der Waals surface area contributed by atoms with Crippen molar-refractivity contribution in [2.24, 2.45) is 0 Å². The smallest absolute Gasteiger partial charge is 0.251 e. The van der Waals surface area contributed by atoms with Gasteiger partial charge in [-0.2, -0.15) is 13.2 Å². The van der Waals surface area contributed by atoms with Gasteiger partial charge in [-0.25, -0.2) is 0 Å². The molecule has 0 unspecified atom stereocenters. The first-order valence-corrected chi connectivity index (χ1v) is 2.59.